The highest BCUT2D eigenvalue weighted by Gasteiger charge is 2.15. The van der Waals surface area contributed by atoms with Crippen LogP contribution in [0.1, 0.15) is 22.6 Å². The fraction of sp³-hybridized carbons (Fsp3) is 0.250. The Kier molecular flexibility index (Phi) is 4.72. The lowest BCUT2D eigenvalue weighted by atomic mass is 9.90. The lowest BCUT2D eigenvalue weighted by Gasteiger charge is -2.17. The Morgan fingerprint density at radius 3 is 2.58 bits per heavy atom. The van der Waals surface area contributed by atoms with Crippen molar-refractivity contribution in [3.05, 3.63) is 69.4 Å². The molecule has 0 bridgehead atoms. The molecule has 100 valence electrons. The van der Waals surface area contributed by atoms with Crippen molar-refractivity contribution >= 4 is 15.9 Å². The van der Waals surface area contributed by atoms with Crippen LogP contribution in [-0.2, 0) is 6.42 Å². The van der Waals surface area contributed by atoms with Crippen molar-refractivity contribution in [3.8, 4) is 0 Å². The van der Waals surface area contributed by atoms with E-state index in [-0.39, 0.29) is 18.3 Å². The predicted octanol–water partition coefficient (Wildman–Crippen LogP) is 4.22. The molecule has 2 aromatic carbocycles. The molecule has 0 amide bonds. The van der Waals surface area contributed by atoms with E-state index in [0.717, 1.165) is 15.6 Å². The number of benzene rings is 2. The van der Waals surface area contributed by atoms with Crippen LogP contribution in [0.3, 0.4) is 0 Å². The van der Waals surface area contributed by atoms with Crippen LogP contribution in [0, 0.1) is 12.7 Å². The zero-order valence-corrected chi connectivity index (χ0v) is 12.3. The maximum atomic E-state index is 13.9. The van der Waals surface area contributed by atoms with Crippen molar-refractivity contribution in [2.75, 3.05) is 6.61 Å². The average molecular weight is 323 g/mol. The molecule has 0 aliphatic rings. The van der Waals surface area contributed by atoms with E-state index in [4.69, 9.17) is 0 Å². The molecule has 0 radical (unpaired) electrons. The van der Waals surface area contributed by atoms with Crippen molar-refractivity contribution in [1.29, 1.82) is 0 Å². The molecule has 0 saturated carbocycles. The van der Waals surface area contributed by atoms with Gasteiger partial charge in [-0.2, -0.15) is 0 Å². The van der Waals surface area contributed by atoms with Crippen LogP contribution in [0.2, 0.25) is 0 Å². The van der Waals surface area contributed by atoms with E-state index in [1.54, 1.807) is 6.07 Å². The molecular formula is C16H16BrFO. The van der Waals surface area contributed by atoms with Crippen molar-refractivity contribution in [3.63, 3.8) is 0 Å². The summed E-state index contributed by atoms with van der Waals surface area (Å²) in [5.41, 5.74) is 2.83. The van der Waals surface area contributed by atoms with Crippen LogP contribution < -0.4 is 0 Å². The van der Waals surface area contributed by atoms with Crippen molar-refractivity contribution in [2.24, 2.45) is 0 Å². The molecule has 0 saturated heterocycles. The van der Waals surface area contributed by atoms with Crippen LogP contribution in [0.5, 0.6) is 0 Å². The molecule has 1 unspecified atom stereocenters. The van der Waals surface area contributed by atoms with Gasteiger partial charge in [0, 0.05) is 10.4 Å². The Balaban J connectivity index is 2.27. The second-order valence-electron chi connectivity index (χ2n) is 4.68. The standard InChI is InChI=1S/C16H16BrFO/c1-11-4-2-3-5-15(11)13(10-19)8-12-6-7-14(17)9-16(12)18/h2-7,9,13,19H,8,10H2,1H3. The number of halogens is 2. The van der Waals surface area contributed by atoms with E-state index < -0.39 is 0 Å². The maximum absolute atomic E-state index is 13.9. The van der Waals surface area contributed by atoms with E-state index in [9.17, 15) is 9.50 Å². The van der Waals surface area contributed by atoms with Crippen LogP contribution in [0.15, 0.2) is 46.9 Å². The lowest BCUT2D eigenvalue weighted by molar-refractivity contribution is 0.263. The van der Waals surface area contributed by atoms with Gasteiger partial charge < -0.3 is 5.11 Å². The second kappa shape index (κ2) is 6.31. The molecule has 2 aromatic rings. The summed E-state index contributed by atoms with van der Waals surface area (Å²) in [6, 6.07) is 13.0. The minimum atomic E-state index is -0.235. The van der Waals surface area contributed by atoms with Gasteiger partial charge in [-0.05, 0) is 42.2 Å². The highest BCUT2D eigenvalue weighted by molar-refractivity contribution is 9.10. The molecule has 0 fully saturated rings. The minimum absolute atomic E-state index is 0.0142. The largest absolute Gasteiger partial charge is 0.396 e. The molecule has 3 heteroatoms. The van der Waals surface area contributed by atoms with E-state index in [2.05, 4.69) is 15.9 Å². The SMILES string of the molecule is Cc1ccccc1C(CO)Cc1ccc(Br)cc1F. The third kappa shape index (κ3) is 3.43. The highest BCUT2D eigenvalue weighted by Crippen LogP contribution is 2.25. The van der Waals surface area contributed by atoms with E-state index in [1.165, 1.54) is 6.07 Å². The van der Waals surface area contributed by atoms with Gasteiger partial charge in [-0.3, -0.25) is 0 Å². The first kappa shape index (κ1) is 14.2. The number of hydrogen-bond acceptors (Lipinski definition) is 1. The monoisotopic (exact) mass is 322 g/mol. The van der Waals surface area contributed by atoms with Crippen LogP contribution >= 0.6 is 15.9 Å². The summed E-state index contributed by atoms with van der Waals surface area (Å²) < 4.78 is 14.6. The third-order valence-corrected chi connectivity index (χ3v) is 3.82. The molecule has 2 rings (SSSR count). The van der Waals surface area contributed by atoms with Crippen molar-refractivity contribution < 1.29 is 9.50 Å². The van der Waals surface area contributed by atoms with Gasteiger partial charge in [0.05, 0.1) is 6.61 Å². The molecule has 0 aliphatic carbocycles. The molecule has 1 atom stereocenters. The maximum Gasteiger partial charge on any atom is 0.127 e. The molecule has 0 spiro atoms. The summed E-state index contributed by atoms with van der Waals surface area (Å²) in [4.78, 5) is 0. The minimum Gasteiger partial charge on any atom is -0.396 e. The predicted molar refractivity (Wildman–Crippen MR) is 78.8 cm³/mol. The first-order valence-corrected chi connectivity index (χ1v) is 7.01. The number of aliphatic hydroxyl groups excluding tert-OH is 1. The summed E-state index contributed by atoms with van der Waals surface area (Å²) >= 11 is 3.25. The molecule has 0 heterocycles. The summed E-state index contributed by atoms with van der Waals surface area (Å²) in [7, 11) is 0. The number of aliphatic hydroxyl groups is 1. The van der Waals surface area contributed by atoms with Gasteiger partial charge in [0.15, 0.2) is 0 Å². The van der Waals surface area contributed by atoms with Crippen LogP contribution in [0.4, 0.5) is 4.39 Å². The van der Waals surface area contributed by atoms with Gasteiger partial charge in [0.1, 0.15) is 5.82 Å². The lowest BCUT2D eigenvalue weighted by Crippen LogP contribution is -2.10. The van der Waals surface area contributed by atoms with E-state index in [1.807, 2.05) is 37.3 Å². The van der Waals surface area contributed by atoms with Gasteiger partial charge in [-0.15, -0.1) is 0 Å². The zero-order chi connectivity index (χ0) is 13.8. The topological polar surface area (TPSA) is 20.2 Å². The molecule has 19 heavy (non-hydrogen) atoms. The Bertz CT molecular complexity index is 568. The highest BCUT2D eigenvalue weighted by atomic mass is 79.9. The summed E-state index contributed by atoms with van der Waals surface area (Å²) in [5, 5.41) is 9.58. The fourth-order valence-electron chi connectivity index (χ4n) is 2.27. The summed E-state index contributed by atoms with van der Waals surface area (Å²) in [6.45, 7) is 2.02. The van der Waals surface area contributed by atoms with Crippen molar-refractivity contribution in [2.45, 2.75) is 19.3 Å². The second-order valence-corrected chi connectivity index (χ2v) is 5.59. The fourth-order valence-corrected chi connectivity index (χ4v) is 2.60. The Morgan fingerprint density at radius 1 is 1.21 bits per heavy atom. The van der Waals surface area contributed by atoms with Crippen molar-refractivity contribution in [1.82, 2.24) is 0 Å². The molecule has 0 aliphatic heterocycles. The Labute approximate surface area is 121 Å². The first-order valence-electron chi connectivity index (χ1n) is 6.22. The third-order valence-electron chi connectivity index (χ3n) is 3.33. The van der Waals surface area contributed by atoms with E-state index in [0.29, 0.717) is 12.0 Å². The summed E-state index contributed by atoms with van der Waals surface area (Å²) in [5.74, 6) is -0.307. The quantitative estimate of drug-likeness (QED) is 0.893. The van der Waals surface area contributed by atoms with Crippen LogP contribution in [-0.4, -0.2) is 11.7 Å². The van der Waals surface area contributed by atoms with Gasteiger partial charge in [0.25, 0.3) is 0 Å². The van der Waals surface area contributed by atoms with Gasteiger partial charge >= 0.3 is 0 Å². The Morgan fingerprint density at radius 2 is 1.95 bits per heavy atom. The summed E-state index contributed by atoms with van der Waals surface area (Å²) in [6.07, 6.45) is 0.500. The average Bonchev–Trinajstić information content (AvgIpc) is 2.39. The van der Waals surface area contributed by atoms with Gasteiger partial charge in [0.2, 0.25) is 0 Å². The molecule has 0 aromatic heterocycles. The normalized spacial score (nSPS) is 12.4. The smallest absolute Gasteiger partial charge is 0.127 e. The molecule has 1 nitrogen and oxygen atoms in total. The Hall–Kier alpha value is -1.19. The number of hydrogen-bond donors (Lipinski definition) is 1. The number of aryl methyl sites for hydroxylation is 1. The van der Waals surface area contributed by atoms with Gasteiger partial charge in [-0.25, -0.2) is 4.39 Å². The molecular weight excluding hydrogens is 307 g/mol. The van der Waals surface area contributed by atoms with Gasteiger partial charge in [-0.1, -0.05) is 46.3 Å². The molecule has 1 N–H and O–H groups in total. The number of rotatable bonds is 4. The zero-order valence-electron chi connectivity index (χ0n) is 10.7. The first-order chi connectivity index (χ1) is 9.11. The van der Waals surface area contributed by atoms with E-state index >= 15 is 0 Å². The van der Waals surface area contributed by atoms with Crippen LogP contribution in [0.25, 0.3) is 0 Å².